The van der Waals surface area contributed by atoms with Gasteiger partial charge in [-0.05, 0) is 17.7 Å². The molecule has 12 heteroatoms. The van der Waals surface area contributed by atoms with Gasteiger partial charge in [0, 0.05) is 0 Å². The fraction of sp³-hybridized carbons (Fsp3) is 0.294. The van der Waals surface area contributed by atoms with Gasteiger partial charge in [0.2, 0.25) is 27.7 Å². The molecular weight excluding hydrogens is 404 g/mol. The summed E-state index contributed by atoms with van der Waals surface area (Å²) in [7, 11) is 0.0567. The number of ether oxygens (including phenoxy) is 3. The van der Waals surface area contributed by atoms with Crippen molar-refractivity contribution in [2.24, 2.45) is 0 Å². The van der Waals surface area contributed by atoms with Crippen LogP contribution in [0.4, 0.5) is 10.7 Å². The molecule has 0 spiro atoms. The molecule has 11 nitrogen and oxygen atoms in total. The smallest absolute Gasteiger partial charge is 0.338 e. The second kappa shape index (κ2) is 9.19. The van der Waals surface area contributed by atoms with Gasteiger partial charge in [-0.25, -0.2) is 22.3 Å². The molecule has 0 saturated heterocycles. The van der Waals surface area contributed by atoms with Crippen LogP contribution in [-0.2, 0) is 21.3 Å². The first-order valence-corrected chi connectivity index (χ1v) is 9.95. The van der Waals surface area contributed by atoms with E-state index in [4.69, 9.17) is 9.47 Å². The molecule has 2 amide bonds. The summed E-state index contributed by atoms with van der Waals surface area (Å²) in [4.78, 5) is 31.9. The Balaban J connectivity index is 2.24. The molecule has 1 heterocycles. The van der Waals surface area contributed by atoms with Crippen LogP contribution < -0.4 is 14.8 Å². The number of esters is 1. The molecule has 2 aromatic rings. The number of amides is 2. The Hall–Kier alpha value is -3.41. The van der Waals surface area contributed by atoms with Gasteiger partial charge in [-0.15, -0.1) is 0 Å². The van der Waals surface area contributed by atoms with Crippen LogP contribution in [0.25, 0.3) is 0 Å². The average molecular weight is 424 g/mol. The molecule has 0 saturated carbocycles. The highest BCUT2D eigenvalue weighted by molar-refractivity contribution is 7.88. The zero-order valence-electron chi connectivity index (χ0n) is 16.2. The second-order valence-corrected chi connectivity index (χ2v) is 7.57. The number of sulfonamides is 1. The van der Waals surface area contributed by atoms with Crippen LogP contribution in [0.5, 0.6) is 11.8 Å². The molecule has 1 aromatic heterocycles. The van der Waals surface area contributed by atoms with E-state index in [1.165, 1.54) is 51.7 Å². The number of nitrogens with zero attached hydrogens (tertiary/aromatic N) is 3. The Morgan fingerprint density at radius 2 is 1.59 bits per heavy atom. The van der Waals surface area contributed by atoms with E-state index in [9.17, 15) is 18.0 Å². The maximum absolute atomic E-state index is 12.6. The Kier molecular flexibility index (Phi) is 6.93. The minimum absolute atomic E-state index is 0.122. The topological polar surface area (TPSA) is 137 Å². The molecule has 29 heavy (non-hydrogen) atoms. The van der Waals surface area contributed by atoms with Crippen LogP contribution in [0, 0.1) is 0 Å². The van der Waals surface area contributed by atoms with Crippen LogP contribution >= 0.6 is 0 Å². The van der Waals surface area contributed by atoms with Gasteiger partial charge in [-0.2, -0.15) is 9.97 Å². The molecule has 0 aliphatic rings. The highest BCUT2D eigenvalue weighted by Crippen LogP contribution is 2.18. The molecule has 0 unspecified atom stereocenters. The summed E-state index contributed by atoms with van der Waals surface area (Å²) in [6.45, 7) is -0.271. The standard InChI is InChI=1S/C17H20N4O7S/c1-26-13-9-14(27-2)19-16(18-13)20-17(23)21(29(4,24)25)10-11-5-7-12(8-6-11)15(22)28-3/h5-9H,10H2,1-4H3,(H,18,19,20,23). The lowest BCUT2D eigenvalue weighted by molar-refractivity contribution is 0.0600. The number of anilines is 1. The van der Waals surface area contributed by atoms with Gasteiger partial charge >= 0.3 is 12.0 Å². The number of urea groups is 1. The molecule has 1 aromatic carbocycles. The molecule has 0 radical (unpaired) electrons. The monoisotopic (exact) mass is 424 g/mol. The van der Waals surface area contributed by atoms with E-state index in [0.29, 0.717) is 15.4 Å². The van der Waals surface area contributed by atoms with E-state index >= 15 is 0 Å². The first kappa shape index (κ1) is 21.9. The van der Waals surface area contributed by atoms with Gasteiger partial charge in [-0.3, -0.25) is 5.32 Å². The maximum atomic E-state index is 12.6. The van der Waals surface area contributed by atoms with Crippen molar-refractivity contribution in [2.75, 3.05) is 32.9 Å². The Morgan fingerprint density at radius 3 is 2.03 bits per heavy atom. The van der Waals surface area contributed by atoms with Crippen molar-refractivity contribution in [1.82, 2.24) is 14.3 Å². The van der Waals surface area contributed by atoms with Gasteiger partial charge in [0.1, 0.15) is 0 Å². The minimum Gasteiger partial charge on any atom is -0.481 e. The summed E-state index contributed by atoms with van der Waals surface area (Å²) in [5.41, 5.74) is 0.769. The molecule has 0 atom stereocenters. The van der Waals surface area contributed by atoms with E-state index in [1.54, 1.807) is 0 Å². The lowest BCUT2D eigenvalue weighted by Crippen LogP contribution is -2.39. The molecule has 156 valence electrons. The van der Waals surface area contributed by atoms with Gasteiger partial charge < -0.3 is 14.2 Å². The van der Waals surface area contributed by atoms with Gasteiger partial charge in [0.25, 0.3) is 0 Å². The summed E-state index contributed by atoms with van der Waals surface area (Å²) in [5.74, 6) is -0.479. The molecule has 1 N–H and O–H groups in total. The number of aromatic nitrogens is 2. The fourth-order valence-electron chi connectivity index (χ4n) is 2.20. The van der Waals surface area contributed by atoms with Crippen LogP contribution in [-0.4, -0.2) is 62.3 Å². The summed E-state index contributed by atoms with van der Waals surface area (Å²) in [6.07, 6.45) is 0.891. The third kappa shape index (κ3) is 5.78. The van der Waals surface area contributed by atoms with E-state index in [-0.39, 0.29) is 24.3 Å². The highest BCUT2D eigenvalue weighted by atomic mass is 32.2. The second-order valence-electron chi connectivity index (χ2n) is 5.66. The third-order valence-corrected chi connectivity index (χ3v) is 4.74. The SMILES string of the molecule is COC(=O)c1ccc(CN(C(=O)Nc2nc(OC)cc(OC)n2)S(C)(=O)=O)cc1. The lowest BCUT2D eigenvalue weighted by Gasteiger charge is -2.20. The van der Waals surface area contributed by atoms with Crippen molar-refractivity contribution in [1.29, 1.82) is 0 Å². The van der Waals surface area contributed by atoms with Crippen LogP contribution in [0.3, 0.4) is 0 Å². The first-order valence-electron chi connectivity index (χ1n) is 8.11. The number of hydrogen-bond acceptors (Lipinski definition) is 9. The molecule has 0 bridgehead atoms. The van der Waals surface area contributed by atoms with E-state index in [0.717, 1.165) is 6.26 Å². The zero-order valence-corrected chi connectivity index (χ0v) is 17.0. The van der Waals surface area contributed by atoms with Gasteiger partial charge in [-0.1, -0.05) is 12.1 Å². The highest BCUT2D eigenvalue weighted by Gasteiger charge is 2.25. The number of benzene rings is 1. The van der Waals surface area contributed by atoms with Crippen LogP contribution in [0.15, 0.2) is 30.3 Å². The fourth-order valence-corrected chi connectivity index (χ4v) is 2.93. The van der Waals surface area contributed by atoms with E-state index < -0.39 is 22.0 Å². The Bertz CT molecular complexity index is 971. The Morgan fingerprint density at radius 1 is 1.03 bits per heavy atom. The maximum Gasteiger partial charge on any atom is 0.338 e. The Labute approximate surface area is 167 Å². The van der Waals surface area contributed by atoms with E-state index in [2.05, 4.69) is 20.0 Å². The third-order valence-electron chi connectivity index (χ3n) is 3.64. The van der Waals surface area contributed by atoms with Crippen molar-refractivity contribution in [3.63, 3.8) is 0 Å². The molecular formula is C17H20N4O7S. The summed E-state index contributed by atoms with van der Waals surface area (Å²) in [6, 6.07) is 6.39. The predicted octanol–water partition coefficient (Wildman–Crippen LogP) is 1.27. The van der Waals surface area contributed by atoms with Crippen LogP contribution in [0.2, 0.25) is 0 Å². The van der Waals surface area contributed by atoms with Crippen molar-refractivity contribution in [2.45, 2.75) is 6.54 Å². The normalized spacial score (nSPS) is 10.8. The van der Waals surface area contributed by atoms with Gasteiger partial charge in [0.05, 0.1) is 45.8 Å². The summed E-state index contributed by atoms with van der Waals surface area (Å²) < 4.78 is 39.5. The van der Waals surface area contributed by atoms with Crippen molar-refractivity contribution in [3.8, 4) is 11.8 Å². The van der Waals surface area contributed by atoms with Gasteiger partial charge in [0.15, 0.2) is 0 Å². The number of carbonyl (C=O) groups is 2. The van der Waals surface area contributed by atoms with Crippen molar-refractivity contribution >= 4 is 28.0 Å². The number of hydrogen-bond donors (Lipinski definition) is 1. The summed E-state index contributed by atoms with van der Waals surface area (Å²) in [5, 5.41) is 2.31. The zero-order chi connectivity index (χ0) is 21.6. The molecule has 0 fully saturated rings. The molecule has 2 rings (SSSR count). The summed E-state index contributed by atoms with van der Waals surface area (Å²) >= 11 is 0. The number of methoxy groups -OCH3 is 3. The number of rotatable bonds is 7. The minimum atomic E-state index is -3.93. The van der Waals surface area contributed by atoms with Crippen LogP contribution in [0.1, 0.15) is 15.9 Å². The first-order chi connectivity index (χ1) is 13.7. The predicted molar refractivity (Wildman–Crippen MR) is 102 cm³/mol. The number of nitrogens with one attached hydrogen (secondary N) is 1. The number of carbonyl (C=O) groups excluding carboxylic acids is 2. The quantitative estimate of drug-likeness (QED) is 0.651. The molecule has 0 aliphatic carbocycles. The van der Waals surface area contributed by atoms with Crippen molar-refractivity contribution < 1.29 is 32.2 Å². The lowest BCUT2D eigenvalue weighted by atomic mass is 10.1. The largest absolute Gasteiger partial charge is 0.481 e. The van der Waals surface area contributed by atoms with E-state index in [1.807, 2.05) is 0 Å². The molecule has 0 aliphatic heterocycles. The van der Waals surface area contributed by atoms with Crippen molar-refractivity contribution in [3.05, 3.63) is 41.5 Å². The average Bonchev–Trinajstić information content (AvgIpc) is 2.70.